The van der Waals surface area contributed by atoms with Crippen LogP contribution in [0.2, 0.25) is 0 Å². The van der Waals surface area contributed by atoms with E-state index in [-0.39, 0.29) is 11.5 Å². The summed E-state index contributed by atoms with van der Waals surface area (Å²) in [5.41, 5.74) is 6.71. The first-order chi connectivity index (χ1) is 11.8. The van der Waals surface area contributed by atoms with Crippen LogP contribution >= 0.6 is 0 Å². The van der Waals surface area contributed by atoms with Crippen molar-refractivity contribution in [3.8, 4) is 39.5 Å². The van der Waals surface area contributed by atoms with Gasteiger partial charge in [0.25, 0.3) is 0 Å². The number of rotatable bonds is 2. The van der Waals surface area contributed by atoms with Gasteiger partial charge in [-0.15, -0.1) is 0 Å². The van der Waals surface area contributed by atoms with Gasteiger partial charge >= 0.3 is 0 Å². The van der Waals surface area contributed by atoms with Crippen LogP contribution < -0.4 is 0 Å². The number of hydrogen-bond acceptors (Lipinski definition) is 3. The van der Waals surface area contributed by atoms with Crippen molar-refractivity contribution in [3.05, 3.63) is 64.7 Å². The summed E-state index contributed by atoms with van der Waals surface area (Å²) in [7, 11) is 0. The van der Waals surface area contributed by atoms with Crippen LogP contribution in [0.25, 0.3) is 22.3 Å². The first-order valence-electron chi connectivity index (χ1n) is 8.22. The van der Waals surface area contributed by atoms with Gasteiger partial charge in [-0.2, -0.15) is 0 Å². The second-order valence-electron chi connectivity index (χ2n) is 6.65. The van der Waals surface area contributed by atoms with Gasteiger partial charge in [-0.3, -0.25) is 0 Å². The van der Waals surface area contributed by atoms with E-state index in [2.05, 4.69) is 0 Å². The molecule has 3 N–H and O–H groups in total. The van der Waals surface area contributed by atoms with Crippen molar-refractivity contribution in [1.82, 2.24) is 0 Å². The highest BCUT2D eigenvalue weighted by atomic mass is 16.3. The number of phenolic OH excluding ortho intramolecular Hbond substituents is 3. The molecule has 0 aliphatic heterocycles. The third-order valence-corrected chi connectivity index (χ3v) is 4.62. The first-order valence-corrected chi connectivity index (χ1v) is 8.22. The molecule has 0 spiro atoms. The van der Waals surface area contributed by atoms with E-state index in [9.17, 15) is 15.3 Å². The van der Waals surface area contributed by atoms with Gasteiger partial charge in [0, 0.05) is 5.56 Å². The summed E-state index contributed by atoms with van der Waals surface area (Å²) >= 11 is 0. The molecule has 3 rings (SSSR count). The van der Waals surface area contributed by atoms with Crippen LogP contribution in [-0.4, -0.2) is 15.3 Å². The Morgan fingerprint density at radius 1 is 0.520 bits per heavy atom. The van der Waals surface area contributed by atoms with Crippen LogP contribution in [0.3, 0.4) is 0 Å². The molecular weight excluding hydrogens is 312 g/mol. The maximum absolute atomic E-state index is 10.3. The van der Waals surface area contributed by atoms with E-state index in [1.165, 1.54) is 0 Å². The van der Waals surface area contributed by atoms with Crippen LogP contribution in [-0.2, 0) is 0 Å². The Morgan fingerprint density at radius 2 is 0.960 bits per heavy atom. The van der Waals surface area contributed by atoms with Crippen molar-refractivity contribution in [2.24, 2.45) is 0 Å². The maximum Gasteiger partial charge on any atom is 0.123 e. The van der Waals surface area contributed by atoms with Crippen molar-refractivity contribution in [2.45, 2.75) is 27.7 Å². The van der Waals surface area contributed by atoms with Gasteiger partial charge in [0.05, 0.1) is 0 Å². The SMILES string of the molecule is Cc1cc(-c2ccc(O)c(-c3cc(C)c(O)c(C)c3)c2)cc(C)c1O. The lowest BCUT2D eigenvalue weighted by atomic mass is 9.94. The molecule has 0 atom stereocenters. The van der Waals surface area contributed by atoms with E-state index in [0.717, 1.165) is 38.9 Å². The van der Waals surface area contributed by atoms with Crippen LogP contribution in [0, 0.1) is 27.7 Å². The van der Waals surface area contributed by atoms with Crippen LogP contribution in [0.5, 0.6) is 17.2 Å². The summed E-state index contributed by atoms with van der Waals surface area (Å²) in [4.78, 5) is 0. The van der Waals surface area contributed by atoms with Crippen molar-refractivity contribution >= 4 is 0 Å². The third-order valence-electron chi connectivity index (χ3n) is 4.62. The highest BCUT2D eigenvalue weighted by Crippen LogP contribution is 2.37. The van der Waals surface area contributed by atoms with Gasteiger partial charge in [-0.25, -0.2) is 0 Å². The maximum atomic E-state index is 10.3. The number of hydrogen-bond donors (Lipinski definition) is 3. The highest BCUT2D eigenvalue weighted by Gasteiger charge is 2.12. The molecule has 3 nitrogen and oxygen atoms in total. The Balaban J connectivity index is 2.17. The van der Waals surface area contributed by atoms with Crippen LogP contribution in [0.4, 0.5) is 0 Å². The van der Waals surface area contributed by atoms with Gasteiger partial charge in [-0.1, -0.05) is 6.07 Å². The largest absolute Gasteiger partial charge is 0.507 e. The van der Waals surface area contributed by atoms with Crippen molar-refractivity contribution in [3.63, 3.8) is 0 Å². The molecule has 0 unspecified atom stereocenters. The summed E-state index contributed by atoms with van der Waals surface area (Å²) in [6.07, 6.45) is 0. The van der Waals surface area contributed by atoms with Gasteiger partial charge in [0.2, 0.25) is 0 Å². The third kappa shape index (κ3) is 3.05. The Bertz CT molecular complexity index is 925. The molecule has 0 aromatic heterocycles. The minimum Gasteiger partial charge on any atom is -0.507 e. The lowest BCUT2D eigenvalue weighted by molar-refractivity contribution is 0.466. The average molecular weight is 334 g/mol. The zero-order chi connectivity index (χ0) is 18.3. The Hall–Kier alpha value is -2.94. The van der Waals surface area contributed by atoms with Gasteiger partial charge in [0.15, 0.2) is 0 Å². The minimum atomic E-state index is 0.195. The Morgan fingerprint density at radius 3 is 1.44 bits per heavy atom. The summed E-state index contributed by atoms with van der Waals surface area (Å²) in [5, 5.41) is 30.3. The van der Waals surface area contributed by atoms with Crippen molar-refractivity contribution in [2.75, 3.05) is 0 Å². The molecule has 0 radical (unpaired) electrons. The predicted octanol–water partition coefficient (Wildman–Crippen LogP) is 5.37. The molecule has 0 aliphatic rings. The lowest BCUT2D eigenvalue weighted by Crippen LogP contribution is -1.88. The molecule has 3 aromatic rings. The Labute approximate surface area is 147 Å². The fourth-order valence-corrected chi connectivity index (χ4v) is 3.18. The molecule has 128 valence electrons. The van der Waals surface area contributed by atoms with Gasteiger partial charge < -0.3 is 15.3 Å². The van der Waals surface area contributed by atoms with E-state index < -0.39 is 0 Å². The smallest absolute Gasteiger partial charge is 0.123 e. The number of benzene rings is 3. The fraction of sp³-hybridized carbons (Fsp3) is 0.182. The topological polar surface area (TPSA) is 60.7 Å². The predicted molar refractivity (Wildman–Crippen MR) is 101 cm³/mol. The van der Waals surface area contributed by atoms with Crippen molar-refractivity contribution < 1.29 is 15.3 Å². The standard InChI is InChI=1S/C22H22O3/c1-12-7-17(8-13(2)21(12)24)16-5-6-20(23)19(11-16)18-9-14(3)22(25)15(4)10-18/h5-11,23-25H,1-4H3. The van der Waals surface area contributed by atoms with E-state index >= 15 is 0 Å². The minimum absolute atomic E-state index is 0.195. The second-order valence-corrected chi connectivity index (χ2v) is 6.65. The van der Waals surface area contributed by atoms with Crippen LogP contribution in [0.15, 0.2) is 42.5 Å². The molecule has 3 heteroatoms. The van der Waals surface area contributed by atoms with E-state index in [4.69, 9.17) is 0 Å². The summed E-state index contributed by atoms with van der Waals surface area (Å²) in [6.45, 7) is 7.44. The summed E-state index contributed by atoms with van der Waals surface area (Å²) in [6, 6.07) is 13.1. The summed E-state index contributed by atoms with van der Waals surface area (Å²) < 4.78 is 0. The molecule has 0 fully saturated rings. The first kappa shape index (κ1) is 16.9. The van der Waals surface area contributed by atoms with Gasteiger partial charge in [-0.05, 0) is 103 Å². The molecule has 0 bridgehead atoms. The van der Waals surface area contributed by atoms with E-state index in [1.54, 1.807) is 6.07 Å². The molecule has 25 heavy (non-hydrogen) atoms. The summed E-state index contributed by atoms with van der Waals surface area (Å²) in [5.74, 6) is 0.789. The van der Waals surface area contributed by atoms with E-state index in [0.29, 0.717) is 11.3 Å². The zero-order valence-corrected chi connectivity index (χ0v) is 14.9. The lowest BCUT2D eigenvalue weighted by Gasteiger charge is -2.13. The molecular formula is C22H22O3. The van der Waals surface area contributed by atoms with Crippen LogP contribution in [0.1, 0.15) is 22.3 Å². The van der Waals surface area contributed by atoms with Gasteiger partial charge in [0.1, 0.15) is 17.2 Å². The molecule has 3 aromatic carbocycles. The Kier molecular flexibility index (Phi) is 4.17. The molecule has 0 amide bonds. The molecule has 0 heterocycles. The van der Waals surface area contributed by atoms with E-state index in [1.807, 2.05) is 64.1 Å². The zero-order valence-electron chi connectivity index (χ0n) is 14.9. The highest BCUT2D eigenvalue weighted by molar-refractivity contribution is 5.79. The average Bonchev–Trinajstić information content (AvgIpc) is 2.57. The second kappa shape index (κ2) is 6.17. The molecule has 0 saturated heterocycles. The number of phenols is 3. The number of aryl methyl sites for hydroxylation is 4. The monoisotopic (exact) mass is 334 g/mol. The normalized spacial score (nSPS) is 10.9. The molecule has 0 saturated carbocycles. The van der Waals surface area contributed by atoms with Crippen molar-refractivity contribution in [1.29, 1.82) is 0 Å². The molecule has 0 aliphatic carbocycles. The quantitative estimate of drug-likeness (QED) is 0.590. The number of aromatic hydroxyl groups is 3. The fourth-order valence-electron chi connectivity index (χ4n) is 3.18.